The molecule has 2 aromatic rings. The Balaban J connectivity index is 1.52. The lowest BCUT2D eigenvalue weighted by Gasteiger charge is -2.33. The number of carbonyl (C=O) groups is 2. The van der Waals surface area contributed by atoms with Crippen LogP contribution in [0.5, 0.6) is 11.5 Å². The number of likely N-dealkylation sites (tertiary alicyclic amines) is 1. The topological polar surface area (TPSA) is 111 Å². The van der Waals surface area contributed by atoms with Crippen LogP contribution in [0.4, 0.5) is 10.5 Å². The third-order valence-corrected chi connectivity index (χ3v) is 8.05. The number of hydrogen-bond acceptors (Lipinski definition) is 7. The zero-order chi connectivity index (χ0) is 29.9. The highest BCUT2D eigenvalue weighted by Crippen LogP contribution is 2.36. The van der Waals surface area contributed by atoms with E-state index in [1.807, 2.05) is 51.1 Å². The quantitative estimate of drug-likeness (QED) is 0.169. The van der Waals surface area contributed by atoms with Gasteiger partial charge in [-0.15, -0.1) is 0 Å². The average Bonchev–Trinajstić information content (AvgIpc) is 2.93. The van der Waals surface area contributed by atoms with Crippen LogP contribution in [0, 0.1) is 5.92 Å². The van der Waals surface area contributed by atoms with Gasteiger partial charge in [0.25, 0.3) is 0 Å². The molecule has 0 bridgehead atoms. The van der Waals surface area contributed by atoms with Crippen LogP contribution in [-0.4, -0.2) is 56.4 Å². The third kappa shape index (κ3) is 11.3. The molecule has 0 aliphatic carbocycles. The molecule has 9 nitrogen and oxygen atoms in total. The largest absolute Gasteiger partial charge is 0.491 e. The fraction of sp³-hybridized carbons (Fsp3) is 0.548. The molecule has 41 heavy (non-hydrogen) atoms. The number of ether oxygens (including phenoxy) is 3. The van der Waals surface area contributed by atoms with E-state index in [9.17, 15) is 18.0 Å². The molecule has 1 heterocycles. The number of piperidine rings is 1. The van der Waals surface area contributed by atoms with E-state index in [-0.39, 0.29) is 29.7 Å². The number of esters is 1. The lowest BCUT2D eigenvalue weighted by atomic mass is 9.92. The fourth-order valence-corrected chi connectivity index (χ4v) is 5.68. The Labute approximate surface area is 244 Å². The van der Waals surface area contributed by atoms with Crippen LogP contribution in [0.3, 0.4) is 0 Å². The molecule has 1 N–H and O–H groups in total. The van der Waals surface area contributed by atoms with E-state index in [4.69, 9.17) is 14.2 Å². The molecule has 10 heteroatoms. The molecule has 1 amide bonds. The van der Waals surface area contributed by atoms with Crippen molar-refractivity contribution in [1.29, 1.82) is 0 Å². The van der Waals surface area contributed by atoms with Gasteiger partial charge in [0.2, 0.25) is 10.0 Å². The second-order valence-electron chi connectivity index (χ2n) is 11.4. The van der Waals surface area contributed by atoms with Gasteiger partial charge in [0.15, 0.2) is 5.75 Å². The van der Waals surface area contributed by atoms with Gasteiger partial charge in [-0.2, -0.15) is 0 Å². The highest BCUT2D eigenvalue weighted by Gasteiger charge is 2.26. The number of nitrogens with one attached hydrogen (secondary N) is 1. The molecule has 0 atom stereocenters. The summed E-state index contributed by atoms with van der Waals surface area (Å²) in [6.07, 6.45) is 4.90. The lowest BCUT2D eigenvalue weighted by Crippen LogP contribution is -2.41. The number of para-hydroxylation sites is 1. The summed E-state index contributed by atoms with van der Waals surface area (Å²) in [6, 6.07) is 14.3. The maximum absolute atomic E-state index is 13.0. The minimum Gasteiger partial charge on any atom is -0.491 e. The third-order valence-electron chi connectivity index (χ3n) is 6.79. The smallest absolute Gasteiger partial charge is 0.410 e. The predicted octanol–water partition coefficient (Wildman–Crippen LogP) is 6.18. The van der Waals surface area contributed by atoms with Crippen LogP contribution in [0.2, 0.25) is 0 Å². The molecule has 2 aromatic carbocycles. The lowest BCUT2D eigenvalue weighted by molar-refractivity contribution is -0.133. The van der Waals surface area contributed by atoms with Crippen molar-refractivity contribution in [1.82, 2.24) is 4.90 Å². The maximum atomic E-state index is 13.0. The monoisotopic (exact) mass is 588 g/mol. The number of rotatable bonds is 13. The second kappa shape index (κ2) is 15.1. The van der Waals surface area contributed by atoms with Crippen molar-refractivity contribution < 1.29 is 32.2 Å². The van der Waals surface area contributed by atoms with Crippen molar-refractivity contribution in [2.75, 3.05) is 30.2 Å². The summed E-state index contributed by atoms with van der Waals surface area (Å²) < 4.78 is 45.5. The van der Waals surface area contributed by atoms with E-state index >= 15 is 0 Å². The second-order valence-corrected chi connectivity index (χ2v) is 13.2. The summed E-state index contributed by atoms with van der Waals surface area (Å²) in [5.74, 6) is 0.385. The normalized spacial score (nSPS) is 14.4. The van der Waals surface area contributed by atoms with Gasteiger partial charge in [-0.3, -0.25) is 9.52 Å². The van der Waals surface area contributed by atoms with Gasteiger partial charge in [0.1, 0.15) is 17.0 Å². The zero-order valence-electron chi connectivity index (χ0n) is 24.7. The SMILES string of the molecule is CCC(=O)Oc1cccc(OCCCCC2CCN(C(=O)OC(C)(C)C)CC2)c1NS(=O)(=O)CCc1ccccc1. The van der Waals surface area contributed by atoms with Gasteiger partial charge in [0, 0.05) is 19.5 Å². The molecule has 0 aromatic heterocycles. The van der Waals surface area contributed by atoms with E-state index in [0.717, 1.165) is 37.7 Å². The zero-order valence-corrected chi connectivity index (χ0v) is 25.5. The number of hydrogen-bond donors (Lipinski definition) is 1. The first-order chi connectivity index (χ1) is 19.5. The van der Waals surface area contributed by atoms with Crippen molar-refractivity contribution in [3.05, 3.63) is 54.1 Å². The summed E-state index contributed by atoms with van der Waals surface area (Å²) in [4.78, 5) is 26.1. The Kier molecular flexibility index (Phi) is 11.9. The molecular formula is C31H44N2O7S. The summed E-state index contributed by atoms with van der Waals surface area (Å²) >= 11 is 0. The Morgan fingerprint density at radius 1 is 0.976 bits per heavy atom. The van der Waals surface area contributed by atoms with Gasteiger partial charge in [-0.1, -0.05) is 49.7 Å². The van der Waals surface area contributed by atoms with E-state index in [2.05, 4.69) is 4.72 Å². The molecule has 1 fully saturated rings. The minimum absolute atomic E-state index is 0.120. The van der Waals surface area contributed by atoms with Crippen LogP contribution in [0.25, 0.3) is 0 Å². The van der Waals surface area contributed by atoms with Crippen molar-refractivity contribution in [2.24, 2.45) is 5.92 Å². The van der Waals surface area contributed by atoms with Gasteiger partial charge in [-0.05, 0) is 76.5 Å². The fourth-order valence-electron chi connectivity index (χ4n) is 4.56. The molecule has 3 rings (SSSR count). The molecule has 0 radical (unpaired) electrons. The van der Waals surface area contributed by atoms with Crippen LogP contribution < -0.4 is 14.2 Å². The first-order valence-electron chi connectivity index (χ1n) is 14.4. The van der Waals surface area contributed by atoms with Crippen LogP contribution in [-0.2, 0) is 26.0 Å². The Morgan fingerprint density at radius 2 is 1.66 bits per heavy atom. The number of amides is 1. The van der Waals surface area contributed by atoms with Crippen LogP contribution in [0.15, 0.2) is 48.5 Å². The van der Waals surface area contributed by atoms with Crippen molar-refractivity contribution in [3.63, 3.8) is 0 Å². The Morgan fingerprint density at radius 3 is 2.32 bits per heavy atom. The van der Waals surface area contributed by atoms with E-state index in [1.54, 1.807) is 30.0 Å². The van der Waals surface area contributed by atoms with Gasteiger partial charge in [0.05, 0.1) is 12.4 Å². The van der Waals surface area contributed by atoms with Crippen LogP contribution in [0.1, 0.15) is 71.8 Å². The standard InChI is InChI=1S/C31H44N2O7S/c1-5-28(34)39-27-16-11-15-26(29(27)32-41(36,37)23-19-24-12-7-6-8-13-24)38-22-10-9-14-25-17-20-33(21-18-25)30(35)40-31(2,3)4/h6-8,11-13,15-16,25,32H,5,9-10,14,17-23H2,1-4H3. The average molecular weight is 589 g/mol. The molecule has 1 aliphatic rings. The van der Waals surface area contributed by atoms with Crippen molar-refractivity contribution in [3.8, 4) is 11.5 Å². The number of benzene rings is 2. The molecule has 1 saturated heterocycles. The molecule has 0 saturated carbocycles. The molecule has 1 aliphatic heterocycles. The van der Waals surface area contributed by atoms with Crippen molar-refractivity contribution in [2.45, 2.75) is 78.2 Å². The summed E-state index contributed by atoms with van der Waals surface area (Å²) in [5, 5.41) is 0. The highest BCUT2D eigenvalue weighted by atomic mass is 32.2. The van der Waals surface area contributed by atoms with E-state index < -0.39 is 21.6 Å². The Hall–Kier alpha value is -3.27. The number of nitrogens with zero attached hydrogens (tertiary/aromatic N) is 1. The van der Waals surface area contributed by atoms with E-state index in [0.29, 0.717) is 37.8 Å². The summed E-state index contributed by atoms with van der Waals surface area (Å²) in [5.41, 5.74) is 0.555. The molecule has 226 valence electrons. The molecular weight excluding hydrogens is 544 g/mol. The first-order valence-corrected chi connectivity index (χ1v) is 16.1. The van der Waals surface area contributed by atoms with Gasteiger partial charge in [-0.25, -0.2) is 13.2 Å². The number of aryl methyl sites for hydroxylation is 1. The summed E-state index contributed by atoms with van der Waals surface area (Å²) in [6.45, 7) is 9.09. The number of anilines is 1. The first kappa shape index (κ1) is 32.2. The number of carbonyl (C=O) groups excluding carboxylic acids is 2. The van der Waals surface area contributed by atoms with Crippen molar-refractivity contribution >= 4 is 27.8 Å². The predicted molar refractivity (Wildman–Crippen MR) is 160 cm³/mol. The van der Waals surface area contributed by atoms with Gasteiger partial charge < -0.3 is 19.1 Å². The number of sulfonamides is 1. The summed E-state index contributed by atoms with van der Waals surface area (Å²) in [7, 11) is -3.75. The molecule has 0 spiro atoms. The highest BCUT2D eigenvalue weighted by molar-refractivity contribution is 7.92. The number of unbranched alkanes of at least 4 members (excludes halogenated alkanes) is 1. The van der Waals surface area contributed by atoms with Gasteiger partial charge >= 0.3 is 12.1 Å². The van der Waals surface area contributed by atoms with Crippen LogP contribution >= 0.6 is 0 Å². The van der Waals surface area contributed by atoms with E-state index in [1.165, 1.54) is 0 Å². The Bertz CT molecular complexity index is 1230. The molecule has 0 unspecified atom stereocenters. The maximum Gasteiger partial charge on any atom is 0.410 e. The minimum atomic E-state index is -3.75.